The van der Waals surface area contributed by atoms with Crippen LogP contribution < -0.4 is 10.1 Å². The van der Waals surface area contributed by atoms with Crippen LogP contribution in [-0.4, -0.2) is 21.7 Å². The third-order valence-corrected chi connectivity index (χ3v) is 6.60. The Morgan fingerprint density at radius 2 is 1.97 bits per heavy atom. The van der Waals surface area contributed by atoms with E-state index in [0.717, 1.165) is 36.6 Å². The number of fused-ring (bicyclic) bond motifs is 1. The smallest absolute Gasteiger partial charge is 0.287 e. The lowest BCUT2D eigenvalue weighted by Gasteiger charge is -2.29. The van der Waals surface area contributed by atoms with Crippen molar-refractivity contribution in [2.24, 2.45) is 0 Å². The first kappa shape index (κ1) is 22.7. The lowest BCUT2D eigenvalue weighted by atomic mass is 9.91. The standard InChI is InChI=1S/C25H22Cl2FN3O3/c26-17-1-8-23-16(9-17)10-24(34-23)25(32)30-18-2-4-19(5-3-18)31-13-15(12-29-31)14-33-20-6-7-21(27)22(28)11-20/h1,6-13,18-19H,2-5,14H2,(H,30,32). The number of amides is 1. The highest BCUT2D eigenvalue weighted by Crippen LogP contribution is 2.29. The van der Waals surface area contributed by atoms with Crippen molar-refractivity contribution < 1.29 is 18.3 Å². The summed E-state index contributed by atoms with van der Waals surface area (Å²) in [5.41, 5.74) is 1.54. The van der Waals surface area contributed by atoms with Gasteiger partial charge in [-0.1, -0.05) is 23.2 Å². The summed E-state index contributed by atoms with van der Waals surface area (Å²) in [6.07, 6.45) is 7.19. The normalized spacial score (nSPS) is 18.2. The molecule has 1 amide bonds. The van der Waals surface area contributed by atoms with E-state index in [2.05, 4.69) is 10.4 Å². The maximum absolute atomic E-state index is 13.6. The number of carbonyl (C=O) groups excluding carboxylic acids is 1. The topological polar surface area (TPSA) is 69.3 Å². The van der Waals surface area contributed by atoms with Crippen LogP contribution in [0.15, 0.2) is 59.3 Å². The number of benzene rings is 2. The molecule has 2 heterocycles. The summed E-state index contributed by atoms with van der Waals surface area (Å²) >= 11 is 11.7. The minimum Gasteiger partial charge on any atom is -0.489 e. The van der Waals surface area contributed by atoms with E-state index >= 15 is 0 Å². The molecular weight excluding hydrogens is 480 g/mol. The highest BCUT2D eigenvalue weighted by molar-refractivity contribution is 6.31. The van der Waals surface area contributed by atoms with Crippen molar-refractivity contribution in [2.45, 2.75) is 44.4 Å². The highest BCUT2D eigenvalue weighted by Gasteiger charge is 2.25. The second-order valence-corrected chi connectivity index (χ2v) is 9.31. The molecule has 0 unspecified atom stereocenters. The largest absolute Gasteiger partial charge is 0.489 e. The van der Waals surface area contributed by atoms with Crippen LogP contribution in [-0.2, 0) is 6.61 Å². The summed E-state index contributed by atoms with van der Waals surface area (Å²) in [5.74, 6) is -0.0218. The van der Waals surface area contributed by atoms with Crippen LogP contribution in [0.4, 0.5) is 4.39 Å². The number of halogens is 3. The number of aromatic nitrogens is 2. The molecule has 1 saturated carbocycles. The number of rotatable bonds is 6. The minimum atomic E-state index is -0.511. The van der Waals surface area contributed by atoms with Crippen LogP contribution in [0.25, 0.3) is 11.0 Å². The van der Waals surface area contributed by atoms with Gasteiger partial charge in [0.05, 0.1) is 17.3 Å². The first-order valence-electron chi connectivity index (χ1n) is 11.1. The van der Waals surface area contributed by atoms with Crippen LogP contribution in [0.2, 0.25) is 10.0 Å². The number of ether oxygens (including phenoxy) is 1. The summed E-state index contributed by atoms with van der Waals surface area (Å²) in [5, 5.41) is 9.03. The fourth-order valence-electron chi connectivity index (χ4n) is 4.25. The van der Waals surface area contributed by atoms with Crippen molar-refractivity contribution in [3.8, 4) is 5.75 Å². The van der Waals surface area contributed by atoms with E-state index in [1.807, 2.05) is 10.9 Å². The summed E-state index contributed by atoms with van der Waals surface area (Å²) in [7, 11) is 0. The maximum Gasteiger partial charge on any atom is 0.287 e. The van der Waals surface area contributed by atoms with Gasteiger partial charge in [-0.25, -0.2) is 4.39 Å². The van der Waals surface area contributed by atoms with E-state index in [9.17, 15) is 9.18 Å². The Bertz CT molecular complexity index is 1330. The number of hydrogen-bond acceptors (Lipinski definition) is 4. The molecule has 6 nitrogen and oxygen atoms in total. The van der Waals surface area contributed by atoms with E-state index in [-0.39, 0.29) is 35.4 Å². The predicted molar refractivity (Wildman–Crippen MR) is 128 cm³/mol. The molecule has 0 aliphatic heterocycles. The number of carbonyl (C=O) groups is 1. The Morgan fingerprint density at radius 3 is 2.76 bits per heavy atom. The molecule has 4 aromatic rings. The van der Waals surface area contributed by atoms with E-state index in [4.69, 9.17) is 32.4 Å². The Hall–Kier alpha value is -3.03. The monoisotopic (exact) mass is 501 g/mol. The van der Waals surface area contributed by atoms with Gasteiger partial charge in [-0.2, -0.15) is 5.10 Å². The van der Waals surface area contributed by atoms with Crippen LogP contribution >= 0.6 is 23.2 Å². The summed E-state index contributed by atoms with van der Waals surface area (Å²) in [6.45, 7) is 0.287. The van der Waals surface area contributed by atoms with Crippen molar-refractivity contribution >= 4 is 40.1 Å². The Labute approximate surface area is 205 Å². The third-order valence-electron chi connectivity index (χ3n) is 6.06. The number of nitrogens with one attached hydrogen (secondary N) is 1. The molecule has 34 heavy (non-hydrogen) atoms. The first-order chi connectivity index (χ1) is 16.4. The summed E-state index contributed by atoms with van der Waals surface area (Å²) < 4.78 is 26.8. The first-order valence-corrected chi connectivity index (χ1v) is 11.8. The molecule has 5 rings (SSSR count). The quantitative estimate of drug-likeness (QED) is 0.324. The Morgan fingerprint density at radius 1 is 1.15 bits per heavy atom. The molecule has 0 saturated heterocycles. The van der Waals surface area contributed by atoms with E-state index in [1.54, 1.807) is 36.5 Å². The predicted octanol–water partition coefficient (Wildman–Crippen LogP) is 6.57. The van der Waals surface area contributed by atoms with Crippen molar-refractivity contribution in [1.29, 1.82) is 0 Å². The Kier molecular flexibility index (Phi) is 6.48. The van der Waals surface area contributed by atoms with Gasteiger partial charge in [0.15, 0.2) is 5.76 Å². The van der Waals surface area contributed by atoms with Gasteiger partial charge in [0.25, 0.3) is 5.91 Å². The van der Waals surface area contributed by atoms with E-state index < -0.39 is 5.82 Å². The second kappa shape index (κ2) is 9.68. The number of hydrogen-bond donors (Lipinski definition) is 1. The zero-order chi connectivity index (χ0) is 23.7. The molecule has 1 aliphatic rings. The summed E-state index contributed by atoms with van der Waals surface area (Å²) in [4.78, 5) is 12.7. The number of furan rings is 1. The lowest BCUT2D eigenvalue weighted by molar-refractivity contribution is 0.0895. The molecule has 0 spiro atoms. The van der Waals surface area contributed by atoms with Crippen LogP contribution in [0.3, 0.4) is 0 Å². The second-order valence-electron chi connectivity index (χ2n) is 8.46. The third kappa shape index (κ3) is 5.05. The van der Waals surface area contributed by atoms with Crippen molar-refractivity contribution in [3.05, 3.63) is 82.0 Å². The molecule has 176 valence electrons. The average Bonchev–Trinajstić information content (AvgIpc) is 3.47. The molecule has 2 aromatic heterocycles. The van der Waals surface area contributed by atoms with E-state index in [0.29, 0.717) is 16.4 Å². The molecule has 1 N–H and O–H groups in total. The molecule has 0 bridgehead atoms. The van der Waals surface area contributed by atoms with Crippen molar-refractivity contribution in [3.63, 3.8) is 0 Å². The molecule has 1 aliphatic carbocycles. The van der Waals surface area contributed by atoms with Gasteiger partial charge in [0.2, 0.25) is 0 Å². The molecule has 1 fully saturated rings. The van der Waals surface area contributed by atoms with Crippen LogP contribution in [0.5, 0.6) is 5.75 Å². The molecule has 9 heteroatoms. The molecule has 0 radical (unpaired) electrons. The van der Waals surface area contributed by atoms with Crippen LogP contribution in [0, 0.1) is 5.82 Å². The van der Waals surface area contributed by atoms with Gasteiger partial charge in [-0.3, -0.25) is 9.48 Å². The molecule has 0 atom stereocenters. The van der Waals surface area contributed by atoms with Gasteiger partial charge in [0.1, 0.15) is 23.8 Å². The fraction of sp³-hybridized carbons (Fsp3) is 0.280. The minimum absolute atomic E-state index is 0.0643. The van der Waals surface area contributed by atoms with Gasteiger partial charge in [0, 0.05) is 34.3 Å². The average molecular weight is 502 g/mol. The molecule has 2 aromatic carbocycles. The van der Waals surface area contributed by atoms with Gasteiger partial charge in [-0.05, 0) is 62.1 Å². The van der Waals surface area contributed by atoms with Crippen molar-refractivity contribution in [1.82, 2.24) is 15.1 Å². The SMILES string of the molecule is O=C(NC1CCC(n2cc(COc3ccc(Cl)c(F)c3)cn2)CC1)c1cc2cc(Cl)ccc2o1. The fourth-order valence-corrected chi connectivity index (χ4v) is 4.55. The molecular formula is C25H22Cl2FN3O3. The van der Waals surface area contributed by atoms with Gasteiger partial charge < -0.3 is 14.5 Å². The lowest BCUT2D eigenvalue weighted by Crippen LogP contribution is -2.37. The maximum atomic E-state index is 13.6. The Balaban J connectivity index is 1.12. The van der Waals surface area contributed by atoms with Gasteiger partial charge >= 0.3 is 0 Å². The van der Waals surface area contributed by atoms with E-state index in [1.165, 1.54) is 12.1 Å². The zero-order valence-corrected chi connectivity index (χ0v) is 19.7. The number of nitrogens with zero attached hydrogens (tertiary/aromatic N) is 2. The van der Waals surface area contributed by atoms with Gasteiger partial charge in [-0.15, -0.1) is 0 Å². The zero-order valence-electron chi connectivity index (χ0n) is 18.1. The summed E-state index contributed by atoms with van der Waals surface area (Å²) in [6, 6.07) is 11.7. The van der Waals surface area contributed by atoms with Crippen LogP contribution in [0.1, 0.15) is 47.8 Å². The van der Waals surface area contributed by atoms with Crippen molar-refractivity contribution in [2.75, 3.05) is 0 Å². The highest BCUT2D eigenvalue weighted by atomic mass is 35.5.